The van der Waals surface area contributed by atoms with E-state index in [0.717, 1.165) is 17.0 Å². The van der Waals surface area contributed by atoms with Gasteiger partial charge in [0.15, 0.2) is 0 Å². The van der Waals surface area contributed by atoms with Crippen LogP contribution in [0.4, 0.5) is 11.4 Å². The predicted octanol–water partition coefficient (Wildman–Crippen LogP) is 2.80. The van der Waals surface area contributed by atoms with Crippen molar-refractivity contribution in [2.24, 2.45) is 5.92 Å². The molecule has 3 N–H and O–H groups in total. The molecule has 1 atom stereocenters. The molecule has 0 radical (unpaired) electrons. The summed E-state index contributed by atoms with van der Waals surface area (Å²) in [5, 5.41) is 11.7. The summed E-state index contributed by atoms with van der Waals surface area (Å²) in [6.07, 6.45) is 0. The van der Waals surface area contributed by atoms with Crippen molar-refractivity contribution in [3.8, 4) is 5.75 Å². The molecule has 0 saturated heterocycles. The summed E-state index contributed by atoms with van der Waals surface area (Å²) >= 11 is 0. The highest BCUT2D eigenvalue weighted by atomic mass is 16.5. The third-order valence-corrected chi connectivity index (χ3v) is 4.68. The molecule has 1 heterocycles. The Balaban J connectivity index is 2.00. The summed E-state index contributed by atoms with van der Waals surface area (Å²) in [4.78, 5) is 26.5. The fraction of sp³-hybridized carbons (Fsp3) is 0.300. The first-order valence-corrected chi connectivity index (χ1v) is 8.73. The third-order valence-electron chi connectivity index (χ3n) is 4.68. The molecule has 1 aliphatic heterocycles. The average Bonchev–Trinajstić information content (AvgIpc) is 2.67. The molecular weight excluding hydrogens is 346 g/mol. The summed E-state index contributed by atoms with van der Waals surface area (Å²) in [7, 11) is 1.62. The predicted molar refractivity (Wildman–Crippen MR) is 102 cm³/mol. The lowest BCUT2D eigenvalue weighted by atomic mass is 9.96. The van der Waals surface area contributed by atoms with Crippen LogP contribution in [0.5, 0.6) is 5.75 Å². The lowest BCUT2D eigenvalue weighted by Gasteiger charge is -2.40. The van der Waals surface area contributed by atoms with Gasteiger partial charge in [0.2, 0.25) is 5.91 Å². The zero-order valence-electron chi connectivity index (χ0n) is 15.5. The number of benzene rings is 2. The van der Waals surface area contributed by atoms with Crippen LogP contribution in [0.2, 0.25) is 0 Å². The molecule has 27 heavy (non-hydrogen) atoms. The van der Waals surface area contributed by atoms with Gasteiger partial charge >= 0.3 is 0 Å². The zero-order valence-corrected chi connectivity index (χ0v) is 15.5. The molecule has 0 bridgehead atoms. The van der Waals surface area contributed by atoms with Gasteiger partial charge in [-0.3, -0.25) is 14.8 Å². The van der Waals surface area contributed by atoms with Gasteiger partial charge in [0, 0.05) is 12.1 Å². The van der Waals surface area contributed by atoms with E-state index >= 15 is 0 Å². The summed E-state index contributed by atoms with van der Waals surface area (Å²) in [5.41, 5.74) is 4.30. The summed E-state index contributed by atoms with van der Waals surface area (Å²) in [6, 6.07) is 12.4. The monoisotopic (exact) mass is 369 g/mol. The number of ether oxygens (including phenoxy) is 1. The summed E-state index contributed by atoms with van der Waals surface area (Å²) < 4.78 is 5.20. The number of methoxy groups -OCH3 is 1. The van der Waals surface area contributed by atoms with Gasteiger partial charge < -0.3 is 15.0 Å². The van der Waals surface area contributed by atoms with Crippen LogP contribution in [0.3, 0.4) is 0 Å². The van der Waals surface area contributed by atoms with Crippen molar-refractivity contribution in [2.45, 2.75) is 26.4 Å². The number of amides is 2. The zero-order chi connectivity index (χ0) is 19.6. The Kier molecular flexibility index (Phi) is 5.32. The maximum atomic E-state index is 12.7. The van der Waals surface area contributed by atoms with Gasteiger partial charge in [-0.1, -0.05) is 26.0 Å². The molecule has 0 fully saturated rings. The van der Waals surface area contributed by atoms with Gasteiger partial charge in [0.1, 0.15) is 11.8 Å². The number of hydrogen-bond donors (Lipinski definition) is 3. The number of rotatable bonds is 5. The smallest absolute Gasteiger partial charge is 0.274 e. The highest BCUT2D eigenvalue weighted by molar-refractivity contribution is 6.05. The molecule has 7 heteroatoms. The van der Waals surface area contributed by atoms with Crippen molar-refractivity contribution in [1.29, 1.82) is 0 Å². The second kappa shape index (κ2) is 7.67. The molecule has 2 amide bonds. The second-order valence-corrected chi connectivity index (χ2v) is 6.83. The maximum absolute atomic E-state index is 12.7. The minimum atomic E-state index is -0.625. The molecule has 0 saturated carbocycles. The molecule has 0 aromatic heterocycles. The Hall–Kier alpha value is -3.06. The quantitative estimate of drug-likeness (QED) is 0.557. The molecular formula is C20H23N3O4. The Morgan fingerprint density at radius 3 is 2.56 bits per heavy atom. The van der Waals surface area contributed by atoms with Crippen LogP contribution in [-0.4, -0.2) is 30.2 Å². The number of hydroxylamine groups is 1. The van der Waals surface area contributed by atoms with Crippen LogP contribution in [0, 0.1) is 5.92 Å². The summed E-state index contributed by atoms with van der Waals surface area (Å²) in [5.74, 6) is 0.125. The van der Waals surface area contributed by atoms with Crippen LogP contribution < -0.4 is 20.4 Å². The number of carbonyl (C=O) groups is 2. The van der Waals surface area contributed by atoms with E-state index in [1.165, 1.54) is 0 Å². The molecule has 2 aromatic rings. The van der Waals surface area contributed by atoms with Gasteiger partial charge in [-0.15, -0.1) is 0 Å². The van der Waals surface area contributed by atoms with E-state index in [1.54, 1.807) is 30.8 Å². The van der Waals surface area contributed by atoms with E-state index in [4.69, 9.17) is 9.94 Å². The van der Waals surface area contributed by atoms with Gasteiger partial charge in [0.05, 0.1) is 18.5 Å². The normalized spacial score (nSPS) is 16.0. The number of hydrogen-bond acceptors (Lipinski definition) is 5. The fourth-order valence-electron chi connectivity index (χ4n) is 3.36. The van der Waals surface area contributed by atoms with Gasteiger partial charge in [-0.25, -0.2) is 5.48 Å². The lowest BCUT2D eigenvalue weighted by molar-refractivity contribution is -0.118. The van der Waals surface area contributed by atoms with Gasteiger partial charge in [0.25, 0.3) is 5.91 Å². The van der Waals surface area contributed by atoms with Crippen molar-refractivity contribution in [3.63, 3.8) is 0 Å². The second-order valence-electron chi connectivity index (χ2n) is 6.83. The maximum Gasteiger partial charge on any atom is 0.274 e. The average molecular weight is 369 g/mol. The van der Waals surface area contributed by atoms with Crippen molar-refractivity contribution in [2.75, 3.05) is 17.3 Å². The van der Waals surface area contributed by atoms with E-state index in [0.29, 0.717) is 12.2 Å². The van der Waals surface area contributed by atoms with Gasteiger partial charge in [-0.05, 0) is 41.8 Å². The van der Waals surface area contributed by atoms with Crippen LogP contribution >= 0.6 is 0 Å². The molecule has 0 aliphatic carbocycles. The van der Waals surface area contributed by atoms with Crippen molar-refractivity contribution in [3.05, 3.63) is 53.6 Å². The van der Waals surface area contributed by atoms with Gasteiger partial charge in [-0.2, -0.15) is 0 Å². The lowest BCUT2D eigenvalue weighted by Crippen LogP contribution is -2.50. The molecule has 1 unspecified atom stereocenters. The van der Waals surface area contributed by atoms with E-state index in [9.17, 15) is 9.59 Å². The minimum Gasteiger partial charge on any atom is -0.497 e. The molecule has 7 nitrogen and oxygen atoms in total. The first kappa shape index (κ1) is 18.7. The highest BCUT2D eigenvalue weighted by Gasteiger charge is 2.35. The van der Waals surface area contributed by atoms with Crippen molar-refractivity contribution >= 4 is 23.2 Å². The first-order valence-electron chi connectivity index (χ1n) is 8.73. The third kappa shape index (κ3) is 3.73. The van der Waals surface area contributed by atoms with E-state index in [1.807, 2.05) is 43.0 Å². The minimum absolute atomic E-state index is 0.0943. The molecule has 142 valence electrons. The standard InChI is InChI=1S/C20H23N3O4/c1-12(2)18-20(25)21-16-10-14(19(24)22-26)6-9-17(16)23(18)11-13-4-7-15(27-3)8-5-13/h4-10,12,18,26H,11H2,1-3H3,(H,21,25)(H,22,24). The van der Waals surface area contributed by atoms with Crippen LogP contribution in [0.1, 0.15) is 29.8 Å². The number of fused-ring (bicyclic) bond motifs is 1. The Morgan fingerprint density at radius 2 is 1.96 bits per heavy atom. The number of nitrogens with zero attached hydrogens (tertiary/aromatic N) is 1. The van der Waals surface area contributed by atoms with E-state index in [2.05, 4.69) is 5.32 Å². The number of nitrogens with one attached hydrogen (secondary N) is 2. The number of carbonyl (C=O) groups excluding carboxylic acids is 2. The van der Waals surface area contributed by atoms with Crippen molar-refractivity contribution in [1.82, 2.24) is 5.48 Å². The van der Waals surface area contributed by atoms with Crippen LogP contribution in [-0.2, 0) is 11.3 Å². The van der Waals surface area contributed by atoms with Crippen LogP contribution in [0.25, 0.3) is 0 Å². The first-order chi connectivity index (χ1) is 12.9. The fourth-order valence-corrected chi connectivity index (χ4v) is 3.36. The molecule has 2 aromatic carbocycles. The highest BCUT2D eigenvalue weighted by Crippen LogP contribution is 2.36. The Morgan fingerprint density at radius 1 is 1.26 bits per heavy atom. The SMILES string of the molecule is COc1ccc(CN2c3ccc(C(=O)NO)cc3NC(=O)C2C(C)C)cc1. The summed E-state index contributed by atoms with van der Waals surface area (Å²) in [6.45, 7) is 4.55. The number of anilines is 2. The van der Waals surface area contributed by atoms with E-state index < -0.39 is 5.91 Å². The Bertz CT molecular complexity index is 849. The van der Waals surface area contributed by atoms with Crippen molar-refractivity contribution < 1.29 is 19.5 Å². The molecule has 1 aliphatic rings. The van der Waals surface area contributed by atoms with Crippen LogP contribution in [0.15, 0.2) is 42.5 Å². The topological polar surface area (TPSA) is 90.9 Å². The Labute approximate surface area is 157 Å². The molecule has 0 spiro atoms. The largest absolute Gasteiger partial charge is 0.497 e. The van der Waals surface area contributed by atoms with E-state index in [-0.39, 0.29) is 23.4 Å². The molecule has 3 rings (SSSR count).